The van der Waals surface area contributed by atoms with Crippen molar-refractivity contribution in [3.8, 4) is 29.2 Å². The standard InChI is InChI=1S/C35H38ClF2N9O2/c1-44(2)12-5-9-27(48)46-14-10-23(19-46)45(3)33-24-17-40-32(31-28-21(15-26(39)41-31)7-4-8-25(28)36)29(38)30(24)42-34(43-33)49-20-35-11-6-13-47(35)18-22(37)16-35/h4,7-8,15,17,22-23H,6,10-14,16,18-20H2,1-3H3,(H2,39,41)/t22-,23-,35+/m1/s1. The molecular weight excluding hydrogens is 652 g/mol. The molecule has 49 heavy (non-hydrogen) atoms. The molecule has 256 valence electrons. The summed E-state index contributed by atoms with van der Waals surface area (Å²) in [5.74, 6) is 5.24. The number of likely N-dealkylation sites (N-methyl/N-ethyl adjacent to an activating group) is 1. The molecule has 11 nitrogen and oxygen atoms in total. The first-order valence-corrected chi connectivity index (χ1v) is 16.8. The molecule has 2 N–H and O–H groups in total. The summed E-state index contributed by atoms with van der Waals surface area (Å²) in [4.78, 5) is 38.8. The van der Waals surface area contributed by atoms with Gasteiger partial charge in [-0.1, -0.05) is 29.7 Å². The van der Waals surface area contributed by atoms with E-state index in [1.807, 2.05) is 37.0 Å². The highest BCUT2D eigenvalue weighted by atomic mass is 35.5. The highest BCUT2D eigenvalue weighted by Gasteiger charge is 2.49. The second kappa shape index (κ2) is 13.2. The van der Waals surface area contributed by atoms with Gasteiger partial charge >= 0.3 is 6.01 Å². The minimum atomic E-state index is -0.928. The van der Waals surface area contributed by atoms with Crippen LogP contribution >= 0.6 is 11.6 Å². The zero-order chi connectivity index (χ0) is 34.4. The van der Waals surface area contributed by atoms with Crippen molar-refractivity contribution >= 4 is 50.8 Å². The van der Waals surface area contributed by atoms with Crippen LogP contribution in [-0.2, 0) is 4.79 Å². The number of benzene rings is 1. The smallest absolute Gasteiger partial charge is 0.319 e. The predicted octanol–water partition coefficient (Wildman–Crippen LogP) is 4.17. The third-order valence-electron chi connectivity index (χ3n) is 9.85. The zero-order valence-electron chi connectivity index (χ0n) is 27.7. The summed E-state index contributed by atoms with van der Waals surface area (Å²) in [5, 5.41) is 1.94. The average molecular weight is 690 g/mol. The number of fused-ring (bicyclic) bond motifs is 3. The van der Waals surface area contributed by atoms with Crippen LogP contribution in [0.1, 0.15) is 25.7 Å². The number of likely N-dealkylation sites (tertiary alicyclic amines) is 1. The van der Waals surface area contributed by atoms with Crippen LogP contribution in [0.5, 0.6) is 6.01 Å². The molecule has 3 atom stereocenters. The Balaban J connectivity index is 1.28. The summed E-state index contributed by atoms with van der Waals surface area (Å²) < 4.78 is 37.6. The zero-order valence-corrected chi connectivity index (χ0v) is 28.5. The van der Waals surface area contributed by atoms with E-state index in [0.29, 0.717) is 66.0 Å². The number of ether oxygens (including phenoxy) is 1. The van der Waals surface area contributed by atoms with E-state index >= 15 is 4.39 Å². The molecule has 1 amide bonds. The Kier molecular flexibility index (Phi) is 8.89. The maximum Gasteiger partial charge on any atom is 0.319 e. The maximum absolute atomic E-state index is 16.8. The number of nitrogen functional groups attached to an aromatic ring is 1. The van der Waals surface area contributed by atoms with Crippen LogP contribution in [0.2, 0.25) is 5.02 Å². The van der Waals surface area contributed by atoms with Gasteiger partial charge in [0.1, 0.15) is 41.3 Å². The fourth-order valence-electron chi connectivity index (χ4n) is 7.39. The van der Waals surface area contributed by atoms with E-state index in [1.54, 1.807) is 23.1 Å². The van der Waals surface area contributed by atoms with Gasteiger partial charge in [0.15, 0.2) is 5.82 Å². The number of carbonyl (C=O) groups is 1. The quantitative estimate of drug-likeness (QED) is 0.284. The van der Waals surface area contributed by atoms with Crippen LogP contribution in [0.25, 0.3) is 33.1 Å². The monoisotopic (exact) mass is 689 g/mol. The second-order valence-electron chi connectivity index (χ2n) is 13.5. The Hall–Kier alpha value is -4.38. The molecule has 3 aromatic heterocycles. The van der Waals surface area contributed by atoms with Gasteiger partial charge in [-0.2, -0.15) is 9.97 Å². The van der Waals surface area contributed by atoms with Crippen molar-refractivity contribution in [2.75, 3.05) is 71.1 Å². The number of hydrogen-bond donors (Lipinski definition) is 1. The third-order valence-corrected chi connectivity index (χ3v) is 10.2. The summed E-state index contributed by atoms with van der Waals surface area (Å²) in [6.45, 7) is 2.77. The first-order valence-electron chi connectivity index (χ1n) is 16.4. The van der Waals surface area contributed by atoms with Gasteiger partial charge in [0.05, 0.1) is 22.5 Å². The van der Waals surface area contributed by atoms with Gasteiger partial charge in [-0.05, 0) is 63.3 Å². The fraction of sp³-hybridized carbons (Fsp3) is 0.457. The number of carbonyl (C=O) groups excluding carboxylic acids is 1. The van der Waals surface area contributed by atoms with Crippen molar-refractivity contribution in [3.63, 3.8) is 0 Å². The van der Waals surface area contributed by atoms with Crippen molar-refractivity contribution in [2.24, 2.45) is 0 Å². The largest absolute Gasteiger partial charge is 0.461 e. The van der Waals surface area contributed by atoms with E-state index in [9.17, 15) is 9.18 Å². The Morgan fingerprint density at radius 3 is 2.84 bits per heavy atom. The van der Waals surface area contributed by atoms with Crippen molar-refractivity contribution in [1.82, 2.24) is 34.6 Å². The van der Waals surface area contributed by atoms with Crippen LogP contribution < -0.4 is 15.4 Å². The predicted molar refractivity (Wildman–Crippen MR) is 186 cm³/mol. The SMILES string of the molecule is CN(C)CC#CC(=O)N1CC[C@@H](N(C)c2nc(OC[C@@]34CCCN3C[C@H](F)C4)nc3c(F)c(-c4nc(N)cc5cccc(Cl)c45)ncc23)C1. The van der Waals surface area contributed by atoms with Crippen molar-refractivity contribution in [1.29, 1.82) is 0 Å². The number of nitrogens with zero attached hydrogens (tertiary/aromatic N) is 8. The minimum absolute atomic E-state index is 0.0164. The summed E-state index contributed by atoms with van der Waals surface area (Å²) in [7, 11) is 5.63. The van der Waals surface area contributed by atoms with Crippen LogP contribution in [0.3, 0.4) is 0 Å². The molecule has 0 spiro atoms. The average Bonchev–Trinajstić information content (AvgIpc) is 3.78. The summed E-state index contributed by atoms with van der Waals surface area (Å²) in [6, 6.07) is 6.81. The molecular formula is C35H38ClF2N9O2. The normalized spacial score (nSPS) is 22.1. The molecule has 3 saturated heterocycles. The van der Waals surface area contributed by atoms with Gasteiger partial charge in [0.25, 0.3) is 5.91 Å². The molecule has 3 aliphatic rings. The molecule has 0 saturated carbocycles. The molecule has 7 rings (SSSR count). The van der Waals surface area contributed by atoms with Gasteiger partial charge < -0.3 is 20.3 Å². The van der Waals surface area contributed by atoms with Gasteiger partial charge in [-0.3, -0.25) is 19.6 Å². The third kappa shape index (κ3) is 6.29. The number of amides is 1. The number of halogens is 3. The lowest BCUT2D eigenvalue weighted by Crippen LogP contribution is -2.43. The van der Waals surface area contributed by atoms with E-state index in [0.717, 1.165) is 19.4 Å². The molecule has 0 radical (unpaired) electrons. The van der Waals surface area contributed by atoms with Crippen LogP contribution in [0.15, 0.2) is 30.5 Å². The molecule has 1 aromatic carbocycles. The second-order valence-corrected chi connectivity index (χ2v) is 13.9. The lowest BCUT2D eigenvalue weighted by atomic mass is 9.95. The molecule has 3 fully saturated rings. The Labute approximate surface area is 288 Å². The molecule has 3 aliphatic heterocycles. The number of alkyl halides is 1. The highest BCUT2D eigenvalue weighted by molar-refractivity contribution is 6.36. The Morgan fingerprint density at radius 2 is 2.02 bits per heavy atom. The first kappa shape index (κ1) is 33.1. The van der Waals surface area contributed by atoms with Crippen molar-refractivity contribution in [3.05, 3.63) is 41.3 Å². The van der Waals surface area contributed by atoms with Crippen LogP contribution in [0, 0.1) is 17.7 Å². The number of nitrogens with two attached hydrogens (primary N) is 1. The number of anilines is 2. The first-order chi connectivity index (χ1) is 23.5. The molecule has 0 bridgehead atoms. The summed E-state index contributed by atoms with van der Waals surface area (Å²) in [5.41, 5.74) is 5.79. The van der Waals surface area contributed by atoms with Crippen LogP contribution in [0.4, 0.5) is 20.4 Å². The van der Waals surface area contributed by atoms with Gasteiger partial charge in [0, 0.05) is 50.7 Å². The van der Waals surface area contributed by atoms with Gasteiger partial charge in [-0.25, -0.2) is 13.8 Å². The number of rotatable bonds is 7. The number of aromatic nitrogens is 4. The highest BCUT2D eigenvalue weighted by Crippen LogP contribution is 2.41. The summed E-state index contributed by atoms with van der Waals surface area (Å²) in [6.07, 6.45) is 3.36. The molecule has 6 heterocycles. The summed E-state index contributed by atoms with van der Waals surface area (Å²) >= 11 is 6.58. The molecule has 14 heteroatoms. The lowest BCUT2D eigenvalue weighted by Gasteiger charge is -2.31. The van der Waals surface area contributed by atoms with Crippen molar-refractivity contribution < 1.29 is 18.3 Å². The molecule has 4 aromatic rings. The maximum atomic E-state index is 16.8. The van der Waals surface area contributed by atoms with Gasteiger partial charge in [0.2, 0.25) is 0 Å². The Bertz CT molecular complexity index is 2000. The lowest BCUT2D eigenvalue weighted by molar-refractivity contribution is -0.124. The van der Waals surface area contributed by atoms with E-state index in [-0.39, 0.29) is 47.3 Å². The minimum Gasteiger partial charge on any atom is -0.461 e. The Morgan fingerprint density at radius 1 is 1.18 bits per heavy atom. The number of pyridine rings is 2. The molecule has 0 unspecified atom stereocenters. The van der Waals surface area contributed by atoms with Crippen molar-refractivity contribution in [2.45, 2.75) is 43.4 Å². The number of hydrogen-bond acceptors (Lipinski definition) is 10. The molecule has 0 aliphatic carbocycles. The van der Waals surface area contributed by atoms with E-state index < -0.39 is 17.5 Å². The van der Waals surface area contributed by atoms with E-state index in [2.05, 4.69) is 31.7 Å². The topological polar surface area (TPSA) is 117 Å². The van der Waals surface area contributed by atoms with E-state index in [4.69, 9.17) is 27.1 Å². The van der Waals surface area contributed by atoms with E-state index in [1.165, 1.54) is 6.20 Å². The fourth-order valence-corrected chi connectivity index (χ4v) is 7.67. The van der Waals surface area contributed by atoms with Crippen LogP contribution in [-0.4, -0.2) is 119 Å². The van der Waals surface area contributed by atoms with Gasteiger partial charge in [-0.15, -0.1) is 0 Å².